The van der Waals surface area contributed by atoms with Gasteiger partial charge in [-0.2, -0.15) is 0 Å². The lowest BCUT2D eigenvalue weighted by Gasteiger charge is -2.27. The molecule has 1 amide bonds. The van der Waals surface area contributed by atoms with E-state index in [-0.39, 0.29) is 17.9 Å². The number of rotatable bonds is 8. The highest BCUT2D eigenvalue weighted by Gasteiger charge is 2.45. The lowest BCUT2D eigenvalue weighted by molar-refractivity contribution is -0.129. The third-order valence-corrected chi connectivity index (χ3v) is 6.32. The highest BCUT2D eigenvalue weighted by Crippen LogP contribution is 2.42. The first-order valence-corrected chi connectivity index (χ1v) is 11.1. The number of para-hydroxylation sites is 1. The number of aliphatic hydroxyl groups excluding tert-OH is 1. The predicted molar refractivity (Wildman–Crippen MR) is 129 cm³/mol. The zero-order valence-corrected chi connectivity index (χ0v) is 19.3. The molecule has 0 unspecified atom stereocenters. The number of aliphatic hydroxyl groups is 1. The van der Waals surface area contributed by atoms with Crippen molar-refractivity contribution in [2.75, 3.05) is 20.8 Å². The number of Topliss-reactive ketones (excluding diaryl/α,β-unsaturated/α-hetero) is 1. The molecule has 3 heterocycles. The van der Waals surface area contributed by atoms with Crippen molar-refractivity contribution in [1.82, 2.24) is 9.88 Å². The second-order valence-corrected chi connectivity index (χ2v) is 8.19. The van der Waals surface area contributed by atoms with Crippen molar-refractivity contribution in [3.05, 3.63) is 95.3 Å². The van der Waals surface area contributed by atoms with Crippen LogP contribution in [0.25, 0.3) is 10.9 Å². The van der Waals surface area contributed by atoms with E-state index >= 15 is 0 Å². The van der Waals surface area contributed by atoms with Crippen LogP contribution in [0, 0.1) is 0 Å². The molecule has 2 N–H and O–H groups in total. The third kappa shape index (κ3) is 3.82. The number of ketones is 1. The predicted octanol–water partition coefficient (Wildman–Crippen LogP) is 4.60. The number of ether oxygens (including phenoxy) is 2. The molecule has 178 valence electrons. The van der Waals surface area contributed by atoms with Gasteiger partial charge in [0.15, 0.2) is 11.5 Å². The van der Waals surface area contributed by atoms with Gasteiger partial charge in [-0.05, 0) is 48.4 Å². The van der Waals surface area contributed by atoms with E-state index in [0.717, 1.165) is 22.2 Å². The summed E-state index contributed by atoms with van der Waals surface area (Å²) in [7, 11) is 3.14. The number of hydrogen-bond acceptors (Lipinski definition) is 6. The van der Waals surface area contributed by atoms with Gasteiger partial charge in [0.25, 0.3) is 5.91 Å². The second kappa shape index (κ2) is 9.06. The molecule has 8 heteroatoms. The number of aromatic amines is 1. The summed E-state index contributed by atoms with van der Waals surface area (Å²) in [5.74, 6) is -0.461. The molecule has 8 nitrogen and oxygen atoms in total. The molecule has 0 radical (unpaired) electrons. The Morgan fingerprint density at radius 1 is 1.11 bits per heavy atom. The van der Waals surface area contributed by atoms with Crippen molar-refractivity contribution >= 4 is 22.6 Å². The molecular formula is C27H24N2O6. The number of aromatic nitrogens is 1. The number of methoxy groups -OCH3 is 2. The van der Waals surface area contributed by atoms with E-state index in [1.807, 2.05) is 24.4 Å². The summed E-state index contributed by atoms with van der Waals surface area (Å²) >= 11 is 0. The average Bonchev–Trinajstić information content (AvgIpc) is 3.62. The fraction of sp³-hybridized carbons (Fsp3) is 0.185. The molecule has 2 aromatic heterocycles. The molecule has 2 aromatic carbocycles. The number of H-pyrrole nitrogens is 1. The molecule has 4 aromatic rings. The van der Waals surface area contributed by atoms with Crippen LogP contribution >= 0.6 is 0 Å². The summed E-state index contributed by atoms with van der Waals surface area (Å²) in [6, 6.07) is 15.2. The average molecular weight is 472 g/mol. The Kier molecular flexibility index (Phi) is 5.78. The number of nitrogens with zero attached hydrogens (tertiary/aromatic N) is 1. The quantitative estimate of drug-likeness (QED) is 0.363. The first kappa shape index (κ1) is 22.3. The van der Waals surface area contributed by atoms with Gasteiger partial charge in [0.05, 0.1) is 32.1 Å². The second-order valence-electron chi connectivity index (χ2n) is 8.19. The Morgan fingerprint density at radius 2 is 1.94 bits per heavy atom. The minimum Gasteiger partial charge on any atom is -0.503 e. The molecule has 0 saturated heterocycles. The topological polar surface area (TPSA) is 105 Å². The SMILES string of the molecule is COc1ccc2[nH]cc(CCN3C(=O)C(O)=C(C(=O)c4ccco4)[C@@H]3c3ccccc3OC)c2c1. The van der Waals surface area contributed by atoms with Crippen LogP contribution in [-0.2, 0) is 11.2 Å². The van der Waals surface area contributed by atoms with E-state index in [9.17, 15) is 14.7 Å². The van der Waals surface area contributed by atoms with Crippen LogP contribution in [-0.4, -0.2) is 47.4 Å². The molecule has 0 saturated carbocycles. The Labute approximate surface area is 201 Å². The number of amides is 1. The van der Waals surface area contributed by atoms with Crippen molar-refractivity contribution in [2.24, 2.45) is 0 Å². The standard InChI is InChI=1S/C27H24N2O6/c1-33-17-9-10-20-19(14-17)16(15-28-20)11-12-29-24(18-6-3-4-7-21(18)34-2)23(26(31)27(29)32)25(30)22-8-5-13-35-22/h3-10,13-15,24,28,31H,11-12H2,1-2H3/t24-/m0/s1. The van der Waals surface area contributed by atoms with Crippen LogP contribution in [0.1, 0.15) is 27.7 Å². The number of carbonyl (C=O) groups excluding carboxylic acids is 2. The normalized spacial score (nSPS) is 15.8. The number of nitrogens with one attached hydrogen (secondary N) is 1. The lowest BCUT2D eigenvalue weighted by Crippen LogP contribution is -2.33. The monoisotopic (exact) mass is 472 g/mol. The van der Waals surface area contributed by atoms with Crippen LogP contribution in [0.2, 0.25) is 0 Å². The number of carbonyl (C=O) groups is 2. The number of hydrogen-bond donors (Lipinski definition) is 2. The van der Waals surface area contributed by atoms with Gasteiger partial charge in [-0.25, -0.2) is 0 Å². The molecule has 35 heavy (non-hydrogen) atoms. The van der Waals surface area contributed by atoms with Gasteiger partial charge in [-0.3, -0.25) is 9.59 Å². The summed E-state index contributed by atoms with van der Waals surface area (Å²) in [6.07, 6.45) is 3.76. The van der Waals surface area contributed by atoms with E-state index in [2.05, 4.69) is 4.98 Å². The van der Waals surface area contributed by atoms with Crippen molar-refractivity contribution in [3.8, 4) is 11.5 Å². The first-order chi connectivity index (χ1) is 17.0. The Hall–Kier alpha value is -4.46. The largest absolute Gasteiger partial charge is 0.503 e. The van der Waals surface area contributed by atoms with Crippen LogP contribution in [0.3, 0.4) is 0 Å². The van der Waals surface area contributed by atoms with E-state index < -0.39 is 23.5 Å². The maximum atomic E-state index is 13.3. The summed E-state index contributed by atoms with van der Waals surface area (Å²) in [5, 5.41) is 11.8. The van der Waals surface area contributed by atoms with E-state index in [0.29, 0.717) is 17.7 Å². The van der Waals surface area contributed by atoms with Gasteiger partial charge in [-0.1, -0.05) is 18.2 Å². The molecular weight excluding hydrogens is 448 g/mol. The third-order valence-electron chi connectivity index (χ3n) is 6.32. The Bertz CT molecular complexity index is 1430. The van der Waals surface area contributed by atoms with Gasteiger partial charge in [0, 0.05) is 29.2 Å². The van der Waals surface area contributed by atoms with Crippen molar-refractivity contribution in [1.29, 1.82) is 0 Å². The molecule has 5 rings (SSSR count). The van der Waals surface area contributed by atoms with Crippen LogP contribution < -0.4 is 9.47 Å². The zero-order chi connectivity index (χ0) is 24.5. The van der Waals surface area contributed by atoms with Gasteiger partial charge in [0.1, 0.15) is 11.5 Å². The van der Waals surface area contributed by atoms with Crippen molar-refractivity contribution < 1.29 is 28.6 Å². The van der Waals surface area contributed by atoms with E-state index in [1.54, 1.807) is 37.4 Å². The molecule has 1 aliphatic heterocycles. The molecule has 0 bridgehead atoms. The maximum Gasteiger partial charge on any atom is 0.290 e. The van der Waals surface area contributed by atoms with E-state index in [1.165, 1.54) is 24.3 Å². The molecule has 1 atom stereocenters. The minimum atomic E-state index is -0.837. The summed E-state index contributed by atoms with van der Waals surface area (Å²) in [6.45, 7) is 0.255. The number of benzene rings is 2. The Balaban J connectivity index is 1.53. The lowest BCUT2D eigenvalue weighted by atomic mass is 9.94. The van der Waals surface area contributed by atoms with Crippen LogP contribution in [0.15, 0.2) is 82.8 Å². The highest BCUT2D eigenvalue weighted by molar-refractivity contribution is 6.15. The molecule has 0 aliphatic carbocycles. The van der Waals surface area contributed by atoms with Gasteiger partial charge >= 0.3 is 0 Å². The molecule has 0 fully saturated rings. The summed E-state index contributed by atoms with van der Waals surface area (Å²) in [4.78, 5) is 31.3. The fourth-order valence-corrected chi connectivity index (χ4v) is 4.60. The highest BCUT2D eigenvalue weighted by atomic mass is 16.5. The minimum absolute atomic E-state index is 0.0324. The maximum absolute atomic E-state index is 13.3. The van der Waals surface area contributed by atoms with Crippen LogP contribution in [0.4, 0.5) is 0 Å². The smallest absolute Gasteiger partial charge is 0.290 e. The van der Waals surface area contributed by atoms with Crippen molar-refractivity contribution in [3.63, 3.8) is 0 Å². The van der Waals surface area contributed by atoms with Gasteiger partial charge in [0.2, 0.25) is 5.78 Å². The molecule has 0 spiro atoms. The van der Waals surface area contributed by atoms with Crippen molar-refractivity contribution in [2.45, 2.75) is 12.5 Å². The van der Waals surface area contributed by atoms with Gasteiger partial charge in [-0.15, -0.1) is 0 Å². The van der Waals surface area contributed by atoms with E-state index in [4.69, 9.17) is 13.9 Å². The summed E-state index contributed by atoms with van der Waals surface area (Å²) < 4.78 is 16.2. The zero-order valence-electron chi connectivity index (χ0n) is 19.3. The fourth-order valence-electron chi connectivity index (χ4n) is 4.60. The molecule has 1 aliphatic rings. The first-order valence-electron chi connectivity index (χ1n) is 11.1. The van der Waals surface area contributed by atoms with Crippen LogP contribution in [0.5, 0.6) is 11.5 Å². The number of fused-ring (bicyclic) bond motifs is 1. The van der Waals surface area contributed by atoms with Gasteiger partial charge < -0.3 is 28.9 Å². The Morgan fingerprint density at radius 3 is 2.69 bits per heavy atom. The number of furan rings is 1. The summed E-state index contributed by atoms with van der Waals surface area (Å²) in [5.41, 5.74) is 2.50.